The van der Waals surface area contributed by atoms with Crippen molar-refractivity contribution in [1.82, 2.24) is 14.7 Å². The Kier molecular flexibility index (Phi) is 8.25. The number of nitrogens with zero attached hydrogens (tertiary/aromatic N) is 3. The van der Waals surface area contributed by atoms with Crippen molar-refractivity contribution in [3.8, 4) is 15.8 Å². The van der Waals surface area contributed by atoms with Crippen molar-refractivity contribution >= 4 is 65.6 Å². The quantitative estimate of drug-likeness (QED) is 0.266. The van der Waals surface area contributed by atoms with Gasteiger partial charge in [0.1, 0.15) is 0 Å². The summed E-state index contributed by atoms with van der Waals surface area (Å²) in [5.41, 5.74) is 2.05. The first kappa shape index (κ1) is 25.4. The molecule has 184 valence electrons. The van der Waals surface area contributed by atoms with E-state index < -0.39 is 0 Å². The molecule has 2 aliphatic rings. The van der Waals surface area contributed by atoms with Crippen LogP contribution < -0.4 is 0 Å². The summed E-state index contributed by atoms with van der Waals surface area (Å²) in [7, 11) is 0. The van der Waals surface area contributed by atoms with Crippen LogP contribution in [0.15, 0.2) is 40.9 Å². The number of allylic oxidation sites excluding steroid dienone is 1. The van der Waals surface area contributed by atoms with Crippen LogP contribution in [-0.4, -0.2) is 48.2 Å². The fourth-order valence-electron chi connectivity index (χ4n) is 4.95. The molecular weight excluding hydrogens is 612 g/mol. The van der Waals surface area contributed by atoms with Gasteiger partial charge in [0.15, 0.2) is 0 Å². The first-order valence-electron chi connectivity index (χ1n) is 12.3. The number of hydrogen-bond donors (Lipinski definition) is 0. The molecule has 0 bridgehead atoms. The molecule has 0 unspecified atom stereocenters. The van der Waals surface area contributed by atoms with E-state index in [-0.39, 0.29) is 20.4 Å². The summed E-state index contributed by atoms with van der Waals surface area (Å²) in [6.45, 7) is 1.55. The summed E-state index contributed by atoms with van der Waals surface area (Å²) >= 11 is 16.6. The zero-order valence-electron chi connectivity index (χ0n) is 19.5. The molecule has 0 atom stereocenters. The van der Waals surface area contributed by atoms with Crippen LogP contribution in [0, 0.1) is 5.92 Å². The van der Waals surface area contributed by atoms with Crippen molar-refractivity contribution in [1.29, 1.82) is 0 Å². The van der Waals surface area contributed by atoms with Gasteiger partial charge in [0.2, 0.25) is 0 Å². The summed E-state index contributed by atoms with van der Waals surface area (Å²) in [5.74, 6) is 0.668. The van der Waals surface area contributed by atoms with Crippen LogP contribution in [0.3, 0.4) is 0 Å². The topological polar surface area (TPSA) is 38.1 Å². The molecule has 3 heterocycles. The van der Waals surface area contributed by atoms with Crippen LogP contribution in [0.2, 0.25) is 10.0 Å². The molecule has 0 radical (unpaired) electrons. The van der Waals surface area contributed by atoms with Gasteiger partial charge in [-0.1, -0.05) is 0 Å². The Labute approximate surface area is 231 Å². The van der Waals surface area contributed by atoms with Gasteiger partial charge in [0, 0.05) is 0 Å². The molecule has 35 heavy (non-hydrogen) atoms. The van der Waals surface area contributed by atoms with E-state index in [0.29, 0.717) is 27.3 Å². The molecule has 1 aliphatic heterocycles. The molecule has 4 nitrogen and oxygen atoms in total. The molecule has 8 heteroatoms. The monoisotopic (exact) mass is 639 g/mol. The zero-order chi connectivity index (χ0) is 24.4. The molecule has 1 saturated carbocycles. The number of halogens is 3. The van der Waals surface area contributed by atoms with Crippen molar-refractivity contribution in [2.45, 2.75) is 51.4 Å². The van der Waals surface area contributed by atoms with E-state index in [1.54, 1.807) is 12.1 Å². The van der Waals surface area contributed by atoms with Gasteiger partial charge in [0.05, 0.1) is 0 Å². The molecule has 1 aromatic carbocycles. The van der Waals surface area contributed by atoms with E-state index in [2.05, 4.69) is 40.2 Å². The second kappa shape index (κ2) is 11.4. The van der Waals surface area contributed by atoms with E-state index in [1.165, 1.54) is 47.4 Å². The number of benzene rings is 1. The molecule has 1 amide bonds. The van der Waals surface area contributed by atoms with Gasteiger partial charge in [-0.3, -0.25) is 0 Å². The van der Waals surface area contributed by atoms with Gasteiger partial charge >= 0.3 is 232 Å². The standard InChI is InChI=1S/C27H28BrCl2N3OSe/c28-24-25(27(34)32-15-5-2-6-16-32)31-33(22-13-10-19(29)17-21(22)30)26(24)23-14-12-20(35-23)11-9-18-7-3-1-4-8-18/h9-14,17-18H,1-8,15-16H2/b11-9+. The van der Waals surface area contributed by atoms with Crippen LogP contribution in [0.4, 0.5) is 0 Å². The van der Waals surface area contributed by atoms with Crippen LogP contribution in [-0.2, 0) is 0 Å². The van der Waals surface area contributed by atoms with Crippen molar-refractivity contribution in [3.05, 3.63) is 61.1 Å². The van der Waals surface area contributed by atoms with Crippen LogP contribution in [0.25, 0.3) is 21.9 Å². The SMILES string of the molecule is O=C(c1nn(-c2ccc(Cl)cc2Cl)c(-c2ccc(/C=C/C3CCCCC3)[se]2)c1Br)N1CCCCC1. The van der Waals surface area contributed by atoms with Gasteiger partial charge in [0.25, 0.3) is 0 Å². The van der Waals surface area contributed by atoms with E-state index >= 15 is 0 Å². The average molecular weight is 640 g/mol. The number of carbonyl (C=O) groups excluding carboxylic acids is 1. The average Bonchev–Trinajstić information content (AvgIpc) is 3.47. The minimum absolute atomic E-state index is 0.0295. The second-order valence-electron chi connectivity index (χ2n) is 9.33. The predicted molar refractivity (Wildman–Crippen MR) is 149 cm³/mol. The maximum atomic E-state index is 13.4. The van der Waals surface area contributed by atoms with Crippen molar-refractivity contribution in [2.75, 3.05) is 13.1 Å². The zero-order valence-corrected chi connectivity index (χ0v) is 24.3. The first-order valence-corrected chi connectivity index (χ1v) is 15.6. The third-order valence-corrected chi connectivity index (χ3v) is 10.4. The fraction of sp³-hybridized carbons (Fsp3) is 0.407. The van der Waals surface area contributed by atoms with Crippen molar-refractivity contribution in [3.63, 3.8) is 0 Å². The van der Waals surface area contributed by atoms with Crippen LogP contribution in [0.1, 0.15) is 66.3 Å². The minimum atomic E-state index is -0.0295. The predicted octanol–water partition coefficient (Wildman–Crippen LogP) is 7.89. The number of aromatic nitrogens is 2. The number of hydrogen-bond acceptors (Lipinski definition) is 2. The van der Waals surface area contributed by atoms with Gasteiger partial charge in [-0.2, -0.15) is 0 Å². The molecule has 0 spiro atoms. The van der Waals surface area contributed by atoms with E-state index in [1.807, 2.05) is 15.6 Å². The van der Waals surface area contributed by atoms with E-state index in [0.717, 1.165) is 36.1 Å². The summed E-state index contributed by atoms with van der Waals surface area (Å²) in [6, 6.07) is 9.75. The molecule has 0 N–H and O–H groups in total. The second-order valence-corrected chi connectivity index (χ2v) is 13.3. The Morgan fingerprint density at radius 2 is 1.77 bits per heavy atom. The van der Waals surface area contributed by atoms with E-state index in [9.17, 15) is 4.79 Å². The van der Waals surface area contributed by atoms with Gasteiger partial charge < -0.3 is 0 Å². The molecule has 1 saturated heterocycles. The first-order chi connectivity index (χ1) is 17.0. The Bertz CT molecular complexity index is 1240. The fourth-order valence-corrected chi connectivity index (χ4v) is 8.37. The molecule has 5 rings (SSSR count). The third-order valence-electron chi connectivity index (χ3n) is 6.85. The Morgan fingerprint density at radius 3 is 2.51 bits per heavy atom. The summed E-state index contributed by atoms with van der Waals surface area (Å²) < 4.78 is 5.06. The number of rotatable bonds is 5. The summed E-state index contributed by atoms with van der Waals surface area (Å²) in [4.78, 5) is 15.4. The third kappa shape index (κ3) is 5.67. The molecule has 3 aromatic rings. The van der Waals surface area contributed by atoms with E-state index in [4.69, 9.17) is 28.3 Å². The number of amides is 1. The number of likely N-dealkylation sites (tertiary alicyclic amines) is 1. The van der Waals surface area contributed by atoms with Crippen molar-refractivity contribution in [2.24, 2.45) is 5.92 Å². The Balaban J connectivity index is 1.53. The molecule has 2 fully saturated rings. The van der Waals surface area contributed by atoms with Gasteiger partial charge in [-0.15, -0.1) is 0 Å². The van der Waals surface area contributed by atoms with Gasteiger partial charge in [-0.25, -0.2) is 0 Å². The molecule has 1 aliphatic carbocycles. The number of piperidine rings is 1. The van der Waals surface area contributed by atoms with Crippen LogP contribution >= 0.6 is 39.1 Å². The summed E-state index contributed by atoms with van der Waals surface area (Å²) in [6.07, 6.45) is 14.6. The Morgan fingerprint density at radius 1 is 1.03 bits per heavy atom. The summed E-state index contributed by atoms with van der Waals surface area (Å²) in [5, 5.41) is 5.88. The Hall–Kier alpha value is -1.30. The van der Waals surface area contributed by atoms with Crippen molar-refractivity contribution < 1.29 is 4.79 Å². The normalized spacial score (nSPS) is 17.4. The molecular formula is C27H28BrCl2N3OSe. The maximum absolute atomic E-state index is 13.4. The van der Waals surface area contributed by atoms with Gasteiger partial charge in [-0.05, 0) is 0 Å². The van der Waals surface area contributed by atoms with Crippen LogP contribution in [0.5, 0.6) is 0 Å². The molecule has 2 aromatic heterocycles. The number of carbonyl (C=O) groups is 1.